The lowest BCUT2D eigenvalue weighted by atomic mass is 10.0. The maximum Gasteiger partial charge on any atom is 0.481 e. The predicted octanol–water partition coefficient (Wildman–Crippen LogP) is 9.53. The SMILES string of the molecule is CCCCC[C@@H](O)/C=C/C=C\C/C=C\C=C\[C@@H](O)CCCC(=O)O[C@H](COC(=O)CCCCCCCCCCCCCCCCCC(C)C)COP(=O)(O)OP(=O)(O)OC[C@H]1O[C@@H](n2ccc(N)nc2=O)[C@H](O)[C@@H]1O. The Morgan fingerprint density at radius 1 is 0.720 bits per heavy atom. The van der Waals surface area contributed by atoms with Gasteiger partial charge in [0.1, 0.15) is 30.7 Å². The van der Waals surface area contributed by atoms with Gasteiger partial charge in [-0.25, -0.2) is 13.9 Å². The average Bonchev–Trinajstić information content (AvgIpc) is 3.63. The molecule has 1 aromatic heterocycles. The lowest BCUT2D eigenvalue weighted by Crippen LogP contribution is -2.36. The molecule has 20 nitrogen and oxygen atoms in total. The van der Waals surface area contributed by atoms with Gasteiger partial charge in [0.05, 0.1) is 25.4 Å². The van der Waals surface area contributed by atoms with Crippen LogP contribution in [0.3, 0.4) is 0 Å². The highest BCUT2D eigenvalue weighted by Gasteiger charge is 2.46. The Balaban J connectivity index is 1.84. The smallest absolute Gasteiger partial charge is 0.462 e. The minimum absolute atomic E-state index is 0.0789. The molecule has 0 aliphatic carbocycles. The second-order valence-corrected chi connectivity index (χ2v) is 22.7. The molecule has 2 unspecified atom stereocenters. The number of unbranched alkanes of at least 4 members (excludes halogenated alkanes) is 16. The number of aliphatic hydroxyl groups excluding tert-OH is 4. The molecule has 430 valence electrons. The average molecular weight is 1100 g/mol. The number of phosphoric acid groups is 2. The van der Waals surface area contributed by atoms with Crippen LogP contribution in [-0.4, -0.2) is 108 Å². The summed E-state index contributed by atoms with van der Waals surface area (Å²) in [7, 11) is -11.0. The highest BCUT2D eigenvalue weighted by atomic mass is 31.3. The molecular formula is C53H91N3O17P2. The molecule has 2 rings (SSSR count). The number of rotatable bonds is 44. The molecule has 1 fully saturated rings. The van der Waals surface area contributed by atoms with Crippen LogP contribution >= 0.6 is 15.6 Å². The van der Waals surface area contributed by atoms with E-state index >= 15 is 0 Å². The van der Waals surface area contributed by atoms with Gasteiger partial charge in [0.2, 0.25) is 0 Å². The van der Waals surface area contributed by atoms with Crippen molar-refractivity contribution in [1.29, 1.82) is 0 Å². The van der Waals surface area contributed by atoms with Crippen molar-refractivity contribution in [3.8, 4) is 0 Å². The molecule has 22 heteroatoms. The van der Waals surface area contributed by atoms with Gasteiger partial charge in [-0.05, 0) is 44.1 Å². The molecule has 1 aliphatic rings. The van der Waals surface area contributed by atoms with E-state index in [1.165, 1.54) is 76.7 Å². The van der Waals surface area contributed by atoms with Gasteiger partial charge in [-0.1, -0.05) is 185 Å². The van der Waals surface area contributed by atoms with Crippen molar-refractivity contribution in [3.05, 3.63) is 71.4 Å². The number of ether oxygens (including phenoxy) is 3. The molecule has 2 heterocycles. The van der Waals surface area contributed by atoms with E-state index in [0.29, 0.717) is 12.8 Å². The Morgan fingerprint density at radius 2 is 1.24 bits per heavy atom. The van der Waals surface area contributed by atoms with Crippen molar-refractivity contribution in [2.75, 3.05) is 25.6 Å². The molecule has 75 heavy (non-hydrogen) atoms. The zero-order valence-corrected chi connectivity index (χ0v) is 46.5. The quantitative estimate of drug-likeness (QED) is 0.0138. The first-order valence-corrected chi connectivity index (χ1v) is 30.2. The number of nitrogens with zero attached hydrogens (tertiary/aromatic N) is 2. The fourth-order valence-electron chi connectivity index (χ4n) is 8.01. The van der Waals surface area contributed by atoms with Gasteiger partial charge >= 0.3 is 33.3 Å². The summed E-state index contributed by atoms with van der Waals surface area (Å²) in [4.78, 5) is 62.0. The van der Waals surface area contributed by atoms with Crippen molar-refractivity contribution in [1.82, 2.24) is 9.55 Å². The van der Waals surface area contributed by atoms with Gasteiger partial charge in [0.25, 0.3) is 0 Å². The van der Waals surface area contributed by atoms with Gasteiger partial charge < -0.3 is 50.2 Å². The van der Waals surface area contributed by atoms with Crippen LogP contribution in [0, 0.1) is 5.92 Å². The van der Waals surface area contributed by atoms with Crippen molar-refractivity contribution in [2.45, 2.75) is 224 Å². The monoisotopic (exact) mass is 1100 g/mol. The number of phosphoric ester groups is 2. The summed E-state index contributed by atoms with van der Waals surface area (Å²) in [6, 6.07) is 1.23. The number of carbonyl (C=O) groups excluding carboxylic acids is 2. The van der Waals surface area contributed by atoms with E-state index < -0.39 is 95.9 Å². The summed E-state index contributed by atoms with van der Waals surface area (Å²) < 4.78 is 56.7. The summed E-state index contributed by atoms with van der Waals surface area (Å²) in [5, 5.41) is 41.3. The number of nitrogen functional groups attached to an aromatic ring is 1. The normalized spacial score (nSPS) is 20.1. The third kappa shape index (κ3) is 33.5. The van der Waals surface area contributed by atoms with Gasteiger partial charge in [0, 0.05) is 19.0 Å². The maximum atomic E-state index is 12.9. The molecule has 9 atom stereocenters. The summed E-state index contributed by atoms with van der Waals surface area (Å²) in [5.74, 6) is -0.740. The van der Waals surface area contributed by atoms with Crippen molar-refractivity contribution < 1.29 is 76.5 Å². The van der Waals surface area contributed by atoms with Gasteiger partial charge in [-0.3, -0.25) is 23.2 Å². The molecule has 8 N–H and O–H groups in total. The standard InChI is InChI=1S/C53H91N3O17P2/c1-4-5-24-31-43(57)32-26-21-17-15-18-22-27-33-44(58)34-29-36-49(60)71-45(39-68-48(59)35-28-23-19-14-12-10-8-6-7-9-11-13-16-20-25-30-42(2)3)40-69-74(64,65)73-75(66,67)70-41-46-50(61)51(62)52(72-46)56-38-37-47(54)55-53(56)63/h17-18,21-22,26-27,32-33,37-38,42-46,50-52,57-58,61-62H,4-16,19-20,23-25,28-31,34-36,39-41H2,1-3H3,(H,64,65)(H,66,67)(H2,54,55,63)/b21-17-,22-18-,32-26+,33-27+/t43-,44-,45-,46-,50-,51-,52-/m1/s1. The number of carbonyl (C=O) groups is 2. The van der Waals surface area contributed by atoms with E-state index in [4.69, 9.17) is 29.0 Å². The Hall–Kier alpha value is -3.36. The Bertz CT molecular complexity index is 2000. The van der Waals surface area contributed by atoms with Crippen LogP contribution in [0.1, 0.15) is 188 Å². The summed E-state index contributed by atoms with van der Waals surface area (Å²) in [5.41, 5.74) is 4.57. The number of aliphatic hydroxyl groups is 4. The van der Waals surface area contributed by atoms with Crippen LogP contribution in [0.15, 0.2) is 65.7 Å². The molecule has 0 spiro atoms. The van der Waals surface area contributed by atoms with Crippen LogP contribution in [0.4, 0.5) is 5.82 Å². The second kappa shape index (κ2) is 39.9. The minimum Gasteiger partial charge on any atom is -0.462 e. The molecule has 1 aromatic rings. The topological polar surface area (TPSA) is 306 Å². The summed E-state index contributed by atoms with van der Waals surface area (Å²) >= 11 is 0. The van der Waals surface area contributed by atoms with Crippen LogP contribution in [0.2, 0.25) is 0 Å². The number of hydrogen-bond acceptors (Lipinski definition) is 17. The lowest BCUT2D eigenvalue weighted by molar-refractivity contribution is -0.161. The number of nitrogens with two attached hydrogens (primary N) is 1. The van der Waals surface area contributed by atoms with E-state index in [2.05, 4.69) is 30.1 Å². The van der Waals surface area contributed by atoms with E-state index in [1.54, 1.807) is 24.3 Å². The third-order valence-corrected chi connectivity index (χ3v) is 14.9. The van der Waals surface area contributed by atoms with Crippen LogP contribution in [-0.2, 0) is 46.3 Å². The minimum atomic E-state index is -5.48. The number of aromatic nitrogens is 2. The number of esters is 2. The van der Waals surface area contributed by atoms with Gasteiger partial charge in [0.15, 0.2) is 12.3 Å². The Kier molecular flexibility index (Phi) is 36.1. The molecule has 0 aromatic carbocycles. The summed E-state index contributed by atoms with van der Waals surface area (Å²) in [6.07, 6.45) is 29.7. The largest absolute Gasteiger partial charge is 0.481 e. The van der Waals surface area contributed by atoms with E-state index in [1.807, 2.05) is 24.3 Å². The first kappa shape index (κ1) is 67.7. The number of anilines is 1. The van der Waals surface area contributed by atoms with Crippen LogP contribution in [0.5, 0.6) is 0 Å². The molecule has 0 saturated carbocycles. The van der Waals surface area contributed by atoms with Crippen molar-refractivity contribution >= 4 is 33.4 Å². The first-order chi connectivity index (χ1) is 35.8. The van der Waals surface area contributed by atoms with Crippen molar-refractivity contribution in [3.63, 3.8) is 0 Å². The lowest BCUT2D eigenvalue weighted by Gasteiger charge is -2.21. The molecule has 0 amide bonds. The molecule has 0 radical (unpaired) electrons. The predicted molar refractivity (Wildman–Crippen MR) is 287 cm³/mol. The number of allylic oxidation sites excluding steroid dienone is 6. The maximum absolute atomic E-state index is 12.9. The zero-order valence-electron chi connectivity index (χ0n) is 44.7. The number of hydrogen-bond donors (Lipinski definition) is 7. The van der Waals surface area contributed by atoms with E-state index in [0.717, 1.165) is 68.0 Å². The van der Waals surface area contributed by atoms with Crippen LogP contribution in [0.25, 0.3) is 0 Å². The molecule has 0 bridgehead atoms. The van der Waals surface area contributed by atoms with Gasteiger partial charge in [-0.15, -0.1) is 0 Å². The van der Waals surface area contributed by atoms with E-state index in [9.17, 15) is 53.7 Å². The zero-order chi connectivity index (χ0) is 55.3. The second-order valence-electron chi connectivity index (χ2n) is 19.6. The fourth-order valence-corrected chi connectivity index (χ4v) is 10.1. The van der Waals surface area contributed by atoms with Crippen molar-refractivity contribution in [2.24, 2.45) is 5.92 Å². The molecule has 1 saturated heterocycles. The Labute approximate surface area is 445 Å². The highest BCUT2D eigenvalue weighted by Crippen LogP contribution is 2.60. The fraction of sp³-hybridized carbons (Fsp3) is 0.736. The molecular weight excluding hydrogens is 1010 g/mol. The van der Waals surface area contributed by atoms with Gasteiger partial charge in [-0.2, -0.15) is 9.29 Å². The van der Waals surface area contributed by atoms with Crippen LogP contribution < -0.4 is 11.4 Å². The third-order valence-electron chi connectivity index (χ3n) is 12.3. The van der Waals surface area contributed by atoms with E-state index in [-0.39, 0.29) is 31.5 Å². The highest BCUT2D eigenvalue weighted by molar-refractivity contribution is 7.61. The first-order valence-electron chi connectivity index (χ1n) is 27.2. The Morgan fingerprint density at radius 3 is 1.80 bits per heavy atom. The summed E-state index contributed by atoms with van der Waals surface area (Å²) in [6.45, 7) is 4.18. The molecule has 1 aliphatic heterocycles.